The van der Waals surface area contributed by atoms with E-state index in [1.165, 1.54) is 0 Å². The van der Waals surface area contributed by atoms with Gasteiger partial charge >= 0.3 is 5.97 Å². The number of carbonyl (C=O) groups excluding carboxylic acids is 1. The van der Waals surface area contributed by atoms with Crippen molar-refractivity contribution in [2.45, 2.75) is 45.3 Å². The molecule has 0 aromatic rings. The van der Waals surface area contributed by atoms with E-state index in [0.717, 1.165) is 12.8 Å². The van der Waals surface area contributed by atoms with Gasteiger partial charge in [0, 0.05) is 18.4 Å². The second kappa shape index (κ2) is 4.13. The third-order valence-corrected chi connectivity index (χ3v) is 2.42. The van der Waals surface area contributed by atoms with E-state index in [1.807, 2.05) is 13.8 Å². The standard InChI is InChI=1S/C11H18O3/c1-8(2)10(12)13-6-5-11(4)7-9(3)14-11/h9H,1,5-7H2,2-4H3. The quantitative estimate of drug-likeness (QED) is 0.512. The normalized spacial score (nSPS) is 30.6. The van der Waals surface area contributed by atoms with E-state index >= 15 is 0 Å². The van der Waals surface area contributed by atoms with E-state index in [1.54, 1.807) is 6.92 Å². The van der Waals surface area contributed by atoms with Crippen LogP contribution < -0.4 is 0 Å². The van der Waals surface area contributed by atoms with Crippen molar-refractivity contribution in [2.75, 3.05) is 6.61 Å². The van der Waals surface area contributed by atoms with Crippen LogP contribution in [0.3, 0.4) is 0 Å². The highest BCUT2D eigenvalue weighted by molar-refractivity contribution is 5.86. The number of hydrogen-bond donors (Lipinski definition) is 0. The Morgan fingerprint density at radius 2 is 2.29 bits per heavy atom. The van der Waals surface area contributed by atoms with Gasteiger partial charge in [-0.3, -0.25) is 0 Å². The Bertz CT molecular complexity index is 239. The first-order valence-corrected chi connectivity index (χ1v) is 4.93. The van der Waals surface area contributed by atoms with Crippen molar-refractivity contribution in [3.8, 4) is 0 Å². The zero-order chi connectivity index (χ0) is 10.8. The maximum atomic E-state index is 11.0. The lowest BCUT2D eigenvalue weighted by Crippen LogP contribution is -2.47. The summed E-state index contributed by atoms with van der Waals surface area (Å²) in [5, 5.41) is 0. The smallest absolute Gasteiger partial charge is 0.333 e. The average molecular weight is 198 g/mol. The third-order valence-electron chi connectivity index (χ3n) is 2.42. The van der Waals surface area contributed by atoms with E-state index in [0.29, 0.717) is 18.3 Å². The molecule has 0 amide bonds. The Hall–Kier alpha value is -0.830. The molecular weight excluding hydrogens is 180 g/mol. The van der Waals surface area contributed by atoms with E-state index in [4.69, 9.17) is 9.47 Å². The van der Waals surface area contributed by atoms with Crippen molar-refractivity contribution in [1.82, 2.24) is 0 Å². The summed E-state index contributed by atoms with van der Waals surface area (Å²) < 4.78 is 10.5. The fourth-order valence-electron chi connectivity index (χ4n) is 1.73. The second-order valence-corrected chi connectivity index (χ2v) is 4.25. The minimum absolute atomic E-state index is 0.0885. The molecule has 1 saturated heterocycles. The molecule has 3 nitrogen and oxygen atoms in total. The first-order chi connectivity index (χ1) is 6.43. The number of esters is 1. The summed E-state index contributed by atoms with van der Waals surface area (Å²) in [7, 11) is 0. The largest absolute Gasteiger partial charge is 0.462 e. The molecule has 2 atom stereocenters. The molecule has 3 heteroatoms. The molecule has 0 bridgehead atoms. The molecule has 14 heavy (non-hydrogen) atoms. The Kier molecular flexibility index (Phi) is 3.32. The number of hydrogen-bond acceptors (Lipinski definition) is 3. The van der Waals surface area contributed by atoms with Crippen molar-refractivity contribution in [3.05, 3.63) is 12.2 Å². The molecule has 1 heterocycles. The predicted molar refractivity (Wildman–Crippen MR) is 54.0 cm³/mol. The summed E-state index contributed by atoms with van der Waals surface area (Å²) >= 11 is 0. The van der Waals surface area contributed by atoms with Gasteiger partial charge in [0.25, 0.3) is 0 Å². The molecule has 80 valence electrons. The molecule has 0 saturated carbocycles. The van der Waals surface area contributed by atoms with Gasteiger partial charge in [-0.15, -0.1) is 0 Å². The van der Waals surface area contributed by atoms with Crippen LogP contribution in [0.5, 0.6) is 0 Å². The molecule has 1 fully saturated rings. The molecule has 0 aromatic carbocycles. The van der Waals surface area contributed by atoms with Gasteiger partial charge in [0.05, 0.1) is 18.3 Å². The van der Waals surface area contributed by atoms with Crippen LogP contribution in [0.25, 0.3) is 0 Å². The highest BCUT2D eigenvalue weighted by Gasteiger charge is 2.38. The van der Waals surface area contributed by atoms with Crippen LogP contribution in [0.1, 0.15) is 33.6 Å². The van der Waals surface area contributed by atoms with Crippen LogP contribution in [0.15, 0.2) is 12.2 Å². The molecule has 0 N–H and O–H groups in total. The van der Waals surface area contributed by atoms with Crippen molar-refractivity contribution in [3.63, 3.8) is 0 Å². The van der Waals surface area contributed by atoms with Gasteiger partial charge in [-0.25, -0.2) is 4.79 Å². The summed E-state index contributed by atoms with van der Waals surface area (Å²) in [5.74, 6) is -0.319. The van der Waals surface area contributed by atoms with Gasteiger partial charge in [-0.2, -0.15) is 0 Å². The van der Waals surface area contributed by atoms with E-state index in [2.05, 4.69) is 6.58 Å². The Morgan fingerprint density at radius 3 is 2.71 bits per heavy atom. The highest BCUT2D eigenvalue weighted by Crippen LogP contribution is 2.34. The maximum absolute atomic E-state index is 11.0. The third kappa shape index (κ3) is 2.84. The fraction of sp³-hybridized carbons (Fsp3) is 0.727. The van der Waals surface area contributed by atoms with Gasteiger partial charge < -0.3 is 9.47 Å². The van der Waals surface area contributed by atoms with Gasteiger partial charge in [0.2, 0.25) is 0 Å². The number of rotatable bonds is 4. The number of ether oxygens (including phenoxy) is 2. The molecule has 0 spiro atoms. The predicted octanol–water partition coefficient (Wildman–Crippen LogP) is 2.06. The minimum atomic E-state index is -0.319. The van der Waals surface area contributed by atoms with E-state index in [9.17, 15) is 4.79 Å². The van der Waals surface area contributed by atoms with Gasteiger partial charge in [-0.1, -0.05) is 6.58 Å². The lowest BCUT2D eigenvalue weighted by atomic mass is 9.89. The molecule has 0 aromatic heterocycles. The van der Waals surface area contributed by atoms with E-state index < -0.39 is 0 Å². The Balaban J connectivity index is 2.16. The molecule has 0 aliphatic carbocycles. The van der Waals surface area contributed by atoms with Gasteiger partial charge in [-0.05, 0) is 20.8 Å². The molecule has 1 rings (SSSR count). The molecular formula is C11H18O3. The summed E-state index contributed by atoms with van der Waals surface area (Å²) in [6.07, 6.45) is 2.14. The minimum Gasteiger partial charge on any atom is -0.462 e. The molecule has 1 aliphatic rings. The van der Waals surface area contributed by atoms with Gasteiger partial charge in [0.15, 0.2) is 0 Å². The van der Waals surface area contributed by atoms with Crippen LogP contribution in [0, 0.1) is 0 Å². The Labute approximate surface area is 85.1 Å². The second-order valence-electron chi connectivity index (χ2n) is 4.25. The van der Waals surface area contributed by atoms with Crippen LogP contribution in [0.4, 0.5) is 0 Å². The SMILES string of the molecule is C=C(C)C(=O)OCCC1(C)CC(C)O1. The zero-order valence-electron chi connectivity index (χ0n) is 9.13. The van der Waals surface area contributed by atoms with Crippen LogP contribution >= 0.6 is 0 Å². The summed E-state index contributed by atoms with van der Waals surface area (Å²) in [4.78, 5) is 11.0. The first-order valence-electron chi connectivity index (χ1n) is 4.93. The van der Waals surface area contributed by atoms with E-state index in [-0.39, 0.29) is 11.6 Å². The fourth-order valence-corrected chi connectivity index (χ4v) is 1.73. The van der Waals surface area contributed by atoms with Crippen LogP contribution in [-0.2, 0) is 14.3 Å². The van der Waals surface area contributed by atoms with Crippen LogP contribution in [0.2, 0.25) is 0 Å². The monoisotopic (exact) mass is 198 g/mol. The van der Waals surface area contributed by atoms with Crippen LogP contribution in [-0.4, -0.2) is 24.3 Å². The molecule has 1 aliphatic heterocycles. The summed E-state index contributed by atoms with van der Waals surface area (Å²) in [6.45, 7) is 9.65. The zero-order valence-corrected chi connectivity index (χ0v) is 9.13. The first kappa shape index (κ1) is 11.2. The van der Waals surface area contributed by atoms with Crippen molar-refractivity contribution in [1.29, 1.82) is 0 Å². The number of carbonyl (C=O) groups is 1. The summed E-state index contributed by atoms with van der Waals surface area (Å²) in [5.41, 5.74) is 0.354. The average Bonchev–Trinajstić information content (AvgIpc) is 2.01. The molecule has 0 radical (unpaired) electrons. The lowest BCUT2D eigenvalue weighted by Gasteiger charge is -2.44. The summed E-state index contributed by atoms with van der Waals surface area (Å²) in [6, 6.07) is 0. The Morgan fingerprint density at radius 1 is 1.71 bits per heavy atom. The van der Waals surface area contributed by atoms with Crippen molar-refractivity contribution >= 4 is 5.97 Å². The maximum Gasteiger partial charge on any atom is 0.333 e. The van der Waals surface area contributed by atoms with Gasteiger partial charge in [0.1, 0.15) is 0 Å². The lowest BCUT2D eigenvalue weighted by molar-refractivity contribution is -0.195. The topological polar surface area (TPSA) is 35.5 Å². The molecule has 2 unspecified atom stereocenters. The van der Waals surface area contributed by atoms with Crippen molar-refractivity contribution in [2.24, 2.45) is 0 Å². The highest BCUT2D eigenvalue weighted by atomic mass is 16.5. The van der Waals surface area contributed by atoms with Crippen molar-refractivity contribution < 1.29 is 14.3 Å².